The van der Waals surface area contributed by atoms with E-state index in [0.29, 0.717) is 47.4 Å². The van der Waals surface area contributed by atoms with Gasteiger partial charge in [-0.25, -0.2) is 22.5 Å². The molecule has 4 aromatic rings. The molecule has 1 fully saturated rings. The molecule has 2 aromatic heterocycles. The number of carbonyl (C=O) groups excluding carboxylic acids is 1. The minimum absolute atomic E-state index is 0.0343. The molecule has 0 spiro atoms. The number of pyridine rings is 1. The summed E-state index contributed by atoms with van der Waals surface area (Å²) in [6.07, 6.45) is 1.09. The Morgan fingerprint density at radius 1 is 1.14 bits per heavy atom. The van der Waals surface area contributed by atoms with Crippen LogP contribution in [0.4, 0.5) is 4.39 Å². The van der Waals surface area contributed by atoms with E-state index >= 15 is 0 Å². The maximum absolute atomic E-state index is 14.7. The fourth-order valence-electron chi connectivity index (χ4n) is 4.58. The summed E-state index contributed by atoms with van der Waals surface area (Å²) in [7, 11) is -3.16. The average molecular weight is 493 g/mol. The number of sulfone groups is 1. The van der Waals surface area contributed by atoms with E-state index in [1.54, 1.807) is 35.9 Å². The first kappa shape index (κ1) is 23.2. The van der Waals surface area contributed by atoms with E-state index in [1.807, 2.05) is 30.3 Å². The van der Waals surface area contributed by atoms with E-state index in [1.165, 1.54) is 6.07 Å². The lowest BCUT2D eigenvalue weighted by Crippen LogP contribution is -2.26. The number of aryl methyl sites for hydroxylation is 1. The van der Waals surface area contributed by atoms with Crippen LogP contribution in [-0.4, -0.2) is 47.1 Å². The van der Waals surface area contributed by atoms with E-state index in [9.17, 15) is 17.6 Å². The van der Waals surface area contributed by atoms with Crippen LogP contribution in [0.3, 0.4) is 0 Å². The third-order valence-corrected chi connectivity index (χ3v) is 8.08. The fraction of sp³-hybridized carbons (Fsp3) is 0.269. The molecule has 1 amide bonds. The SMILES string of the molecule is Cc1nn(C2CCS(=O)(=O)C2)c2nc(-c3ccccc3F)cc(C(=O)NCCc3ccccc3)c12. The van der Waals surface area contributed by atoms with E-state index in [2.05, 4.69) is 15.4 Å². The van der Waals surface area contributed by atoms with Gasteiger partial charge in [0, 0.05) is 12.1 Å². The Balaban J connectivity index is 1.57. The van der Waals surface area contributed by atoms with Crippen LogP contribution in [0.5, 0.6) is 0 Å². The van der Waals surface area contributed by atoms with Crippen molar-refractivity contribution in [1.29, 1.82) is 0 Å². The zero-order valence-electron chi connectivity index (χ0n) is 19.2. The maximum atomic E-state index is 14.7. The summed E-state index contributed by atoms with van der Waals surface area (Å²) < 4.78 is 40.5. The molecule has 9 heteroatoms. The number of nitrogens with one attached hydrogen (secondary N) is 1. The number of hydrogen-bond acceptors (Lipinski definition) is 5. The van der Waals surface area contributed by atoms with Crippen LogP contribution >= 0.6 is 0 Å². The molecule has 0 radical (unpaired) electrons. The van der Waals surface area contributed by atoms with Crippen LogP contribution in [0.15, 0.2) is 60.7 Å². The highest BCUT2D eigenvalue weighted by atomic mass is 32.2. The lowest BCUT2D eigenvalue weighted by molar-refractivity contribution is 0.0955. The highest BCUT2D eigenvalue weighted by molar-refractivity contribution is 7.91. The summed E-state index contributed by atoms with van der Waals surface area (Å²) in [6, 6.07) is 17.3. The van der Waals surface area contributed by atoms with E-state index in [-0.39, 0.29) is 29.0 Å². The Bertz CT molecular complexity index is 1520. The Hall–Kier alpha value is -3.59. The number of nitrogens with zero attached hydrogens (tertiary/aromatic N) is 3. The largest absolute Gasteiger partial charge is 0.352 e. The summed E-state index contributed by atoms with van der Waals surface area (Å²) in [5.74, 6) is -0.723. The summed E-state index contributed by atoms with van der Waals surface area (Å²) in [5, 5.41) is 8.09. The van der Waals surface area contributed by atoms with Crippen molar-refractivity contribution in [3.05, 3.63) is 83.3 Å². The molecule has 5 rings (SSSR count). The first-order chi connectivity index (χ1) is 16.8. The lowest BCUT2D eigenvalue weighted by atomic mass is 10.0. The molecule has 3 heterocycles. The summed E-state index contributed by atoms with van der Waals surface area (Å²) in [5.41, 5.74) is 2.96. The van der Waals surface area contributed by atoms with Crippen molar-refractivity contribution in [2.45, 2.75) is 25.8 Å². The number of amides is 1. The van der Waals surface area contributed by atoms with Gasteiger partial charge in [-0.1, -0.05) is 42.5 Å². The Kier molecular flexibility index (Phi) is 6.10. The molecule has 1 saturated heterocycles. The van der Waals surface area contributed by atoms with Gasteiger partial charge in [0.25, 0.3) is 5.91 Å². The molecule has 0 saturated carbocycles. The zero-order chi connectivity index (χ0) is 24.6. The molecule has 1 unspecified atom stereocenters. The van der Waals surface area contributed by atoms with Gasteiger partial charge in [0.2, 0.25) is 0 Å². The van der Waals surface area contributed by atoms with Gasteiger partial charge < -0.3 is 5.32 Å². The fourth-order valence-corrected chi connectivity index (χ4v) is 6.27. The molecule has 1 atom stereocenters. The van der Waals surface area contributed by atoms with Crippen LogP contribution in [0, 0.1) is 12.7 Å². The van der Waals surface area contributed by atoms with Gasteiger partial charge >= 0.3 is 0 Å². The first-order valence-corrected chi connectivity index (χ1v) is 13.3. The van der Waals surface area contributed by atoms with Crippen LogP contribution in [-0.2, 0) is 16.3 Å². The zero-order valence-corrected chi connectivity index (χ0v) is 20.1. The number of aromatic nitrogens is 3. The number of hydrogen-bond donors (Lipinski definition) is 1. The molecule has 1 aliphatic rings. The van der Waals surface area contributed by atoms with E-state index in [0.717, 1.165) is 5.56 Å². The number of carbonyl (C=O) groups is 1. The summed E-state index contributed by atoms with van der Waals surface area (Å²) in [6.45, 7) is 2.20. The standard InChI is InChI=1S/C26H25FN4O3S/c1-17-24-21(26(32)28-13-11-18-7-3-2-4-8-18)15-23(20-9-5-6-10-22(20)27)29-25(24)31(30-17)19-12-14-35(33,34)16-19/h2-10,15,19H,11-14,16H2,1H3,(H,28,32). The van der Waals surface area contributed by atoms with Crippen LogP contribution in [0.1, 0.15) is 34.1 Å². The lowest BCUT2D eigenvalue weighted by Gasteiger charge is -2.13. The number of rotatable bonds is 6. The van der Waals surface area contributed by atoms with Crippen molar-refractivity contribution in [1.82, 2.24) is 20.1 Å². The van der Waals surface area contributed by atoms with Gasteiger partial charge in [0.1, 0.15) is 5.82 Å². The normalized spacial score (nSPS) is 17.0. The van der Waals surface area contributed by atoms with Gasteiger partial charge in [0.15, 0.2) is 15.5 Å². The van der Waals surface area contributed by atoms with E-state index < -0.39 is 15.7 Å². The molecular weight excluding hydrogens is 467 g/mol. The summed E-state index contributed by atoms with van der Waals surface area (Å²) >= 11 is 0. The second kappa shape index (κ2) is 9.22. The van der Waals surface area contributed by atoms with E-state index in [4.69, 9.17) is 0 Å². The topological polar surface area (TPSA) is 93.9 Å². The highest BCUT2D eigenvalue weighted by Gasteiger charge is 2.32. The molecule has 180 valence electrons. The van der Waals surface area contributed by atoms with Gasteiger partial charge in [-0.15, -0.1) is 0 Å². The van der Waals surface area contributed by atoms with Gasteiger partial charge in [-0.05, 0) is 43.5 Å². The quantitative estimate of drug-likeness (QED) is 0.441. The maximum Gasteiger partial charge on any atom is 0.252 e. The second-order valence-corrected chi connectivity index (χ2v) is 11.0. The van der Waals surface area contributed by atoms with Crippen LogP contribution in [0.25, 0.3) is 22.3 Å². The molecule has 7 nitrogen and oxygen atoms in total. The minimum atomic E-state index is -3.16. The minimum Gasteiger partial charge on any atom is -0.352 e. The van der Waals surface area contributed by atoms with Gasteiger partial charge in [-0.3, -0.25) is 4.79 Å². The van der Waals surface area contributed by atoms with Gasteiger partial charge in [-0.2, -0.15) is 5.10 Å². The molecular formula is C26H25FN4O3S. The predicted octanol–water partition coefficient (Wildman–Crippen LogP) is 3.88. The Morgan fingerprint density at radius 2 is 1.89 bits per heavy atom. The highest BCUT2D eigenvalue weighted by Crippen LogP contribution is 2.32. The van der Waals surface area contributed by atoms with Crippen molar-refractivity contribution in [3.8, 4) is 11.3 Å². The molecule has 1 aliphatic heterocycles. The number of benzene rings is 2. The molecule has 0 bridgehead atoms. The summed E-state index contributed by atoms with van der Waals surface area (Å²) in [4.78, 5) is 18.0. The second-order valence-electron chi connectivity index (χ2n) is 8.81. The van der Waals surface area contributed by atoms with Crippen molar-refractivity contribution in [2.24, 2.45) is 0 Å². The average Bonchev–Trinajstić information content (AvgIpc) is 3.38. The third-order valence-electron chi connectivity index (χ3n) is 6.33. The van der Waals surface area contributed by atoms with Crippen molar-refractivity contribution >= 4 is 26.8 Å². The molecule has 35 heavy (non-hydrogen) atoms. The smallest absolute Gasteiger partial charge is 0.252 e. The Morgan fingerprint density at radius 3 is 2.60 bits per heavy atom. The monoisotopic (exact) mass is 492 g/mol. The number of halogens is 1. The third kappa shape index (κ3) is 4.68. The van der Waals surface area contributed by atoms with Crippen molar-refractivity contribution in [2.75, 3.05) is 18.1 Å². The van der Waals surface area contributed by atoms with Crippen molar-refractivity contribution < 1.29 is 17.6 Å². The number of fused-ring (bicyclic) bond motifs is 1. The van der Waals surface area contributed by atoms with Crippen molar-refractivity contribution in [3.63, 3.8) is 0 Å². The van der Waals surface area contributed by atoms with Crippen LogP contribution in [0.2, 0.25) is 0 Å². The van der Waals surface area contributed by atoms with Gasteiger partial charge in [0.05, 0.1) is 39.9 Å². The Labute approximate surface area is 202 Å². The first-order valence-electron chi connectivity index (χ1n) is 11.5. The van der Waals surface area contributed by atoms with Crippen LogP contribution < -0.4 is 5.32 Å². The molecule has 0 aliphatic carbocycles. The molecule has 2 aromatic carbocycles. The molecule has 1 N–H and O–H groups in total. The predicted molar refractivity (Wildman–Crippen MR) is 132 cm³/mol.